The second-order valence-corrected chi connectivity index (χ2v) is 5.01. The number of aryl methyl sites for hydroxylation is 2. The van der Waals surface area contributed by atoms with E-state index >= 15 is 0 Å². The molecule has 0 aliphatic carbocycles. The van der Waals surface area contributed by atoms with Gasteiger partial charge < -0.3 is 10.3 Å². The number of rotatable bonds is 3. The molecule has 0 aromatic carbocycles. The van der Waals surface area contributed by atoms with Gasteiger partial charge in [-0.15, -0.1) is 5.01 Å². The molecule has 1 fully saturated rings. The van der Waals surface area contributed by atoms with Crippen molar-refractivity contribution in [1.82, 2.24) is 15.3 Å². The molecule has 0 radical (unpaired) electrons. The van der Waals surface area contributed by atoms with Crippen LogP contribution in [-0.2, 0) is 4.79 Å². The molecule has 2 heterocycles. The molecule has 1 aromatic rings. The van der Waals surface area contributed by atoms with Crippen LogP contribution in [0.2, 0.25) is 0 Å². The molecule has 2 N–H and O–H groups in total. The highest BCUT2D eigenvalue weighted by atomic mass is 16.2. The van der Waals surface area contributed by atoms with Crippen molar-refractivity contribution in [3.8, 4) is 0 Å². The molecule has 6 nitrogen and oxygen atoms in total. The van der Waals surface area contributed by atoms with Gasteiger partial charge in [-0.3, -0.25) is 4.79 Å². The Morgan fingerprint density at radius 3 is 2.58 bits per heavy atom. The van der Waals surface area contributed by atoms with Crippen LogP contribution in [-0.4, -0.2) is 33.7 Å². The predicted molar refractivity (Wildman–Crippen MR) is 71.9 cm³/mol. The molecular weight excluding hydrogens is 244 g/mol. The smallest absolute Gasteiger partial charge is 0.346 e. The van der Waals surface area contributed by atoms with Gasteiger partial charge in [0.2, 0.25) is 0 Å². The molecule has 0 bridgehead atoms. The highest BCUT2D eigenvalue weighted by Crippen LogP contribution is 2.21. The normalized spacial score (nSPS) is 23.5. The first kappa shape index (κ1) is 13.3. The molecule has 0 saturated carbocycles. The number of H-pyrrole nitrogens is 1. The van der Waals surface area contributed by atoms with E-state index in [-0.39, 0.29) is 5.91 Å². The fourth-order valence-electron chi connectivity index (χ4n) is 2.01. The molecule has 2 rings (SSSR count). The minimum Gasteiger partial charge on any atom is -0.362 e. The summed E-state index contributed by atoms with van der Waals surface area (Å²) in [6.07, 6.45) is 2.06. The highest BCUT2D eigenvalue weighted by molar-refractivity contribution is 6.07. The van der Waals surface area contributed by atoms with E-state index in [0.29, 0.717) is 6.42 Å². The first-order valence-corrected chi connectivity index (χ1v) is 6.24. The molecule has 1 aliphatic heterocycles. The fraction of sp³-hybridized carbons (Fsp3) is 0.462. The number of carbonyl (C=O) groups is 2. The van der Waals surface area contributed by atoms with Crippen molar-refractivity contribution < 1.29 is 9.59 Å². The average molecular weight is 262 g/mol. The van der Waals surface area contributed by atoms with E-state index in [1.807, 2.05) is 26.8 Å². The number of amides is 3. The second kappa shape index (κ2) is 4.53. The van der Waals surface area contributed by atoms with Crippen molar-refractivity contribution in [2.75, 3.05) is 0 Å². The van der Waals surface area contributed by atoms with Crippen LogP contribution in [0, 0.1) is 13.8 Å². The lowest BCUT2D eigenvalue weighted by molar-refractivity contribution is -0.130. The largest absolute Gasteiger partial charge is 0.362 e. The number of hydrazone groups is 1. The van der Waals surface area contributed by atoms with E-state index in [4.69, 9.17) is 0 Å². The lowest BCUT2D eigenvalue weighted by atomic mass is 10.00. The molecule has 1 saturated heterocycles. The third kappa shape index (κ3) is 2.25. The summed E-state index contributed by atoms with van der Waals surface area (Å²) < 4.78 is 0. The number of aromatic amines is 1. The Bertz CT molecular complexity index is 561. The van der Waals surface area contributed by atoms with E-state index in [1.165, 1.54) is 6.21 Å². The minimum atomic E-state index is -0.850. The number of imide groups is 1. The van der Waals surface area contributed by atoms with Crippen molar-refractivity contribution in [2.45, 2.75) is 39.7 Å². The van der Waals surface area contributed by atoms with E-state index in [1.54, 1.807) is 6.92 Å². The Hall–Kier alpha value is -2.11. The topological polar surface area (TPSA) is 77.6 Å². The van der Waals surface area contributed by atoms with Crippen molar-refractivity contribution in [1.29, 1.82) is 0 Å². The molecule has 0 spiro atoms. The second-order valence-electron chi connectivity index (χ2n) is 5.01. The van der Waals surface area contributed by atoms with Gasteiger partial charge in [-0.05, 0) is 33.3 Å². The number of hydrogen-bond donors (Lipinski definition) is 2. The standard InChI is InChI=1S/C13H18N4O2/c1-5-13(4)11(18)17(12(19)16-13)14-7-10-6-8(2)15-9(10)3/h6-7,15H,5H2,1-4H3,(H,16,19)/t13-/m0/s1. The summed E-state index contributed by atoms with van der Waals surface area (Å²) in [5.74, 6) is -0.318. The Labute approximate surface area is 111 Å². The van der Waals surface area contributed by atoms with Crippen LogP contribution in [0.4, 0.5) is 4.79 Å². The molecule has 0 unspecified atom stereocenters. The summed E-state index contributed by atoms with van der Waals surface area (Å²) in [5, 5.41) is 7.55. The Morgan fingerprint density at radius 1 is 1.42 bits per heavy atom. The summed E-state index contributed by atoms with van der Waals surface area (Å²) in [6.45, 7) is 7.40. The molecule has 102 valence electrons. The molecule has 6 heteroatoms. The van der Waals surface area contributed by atoms with Crippen molar-refractivity contribution in [3.05, 3.63) is 23.0 Å². The van der Waals surface area contributed by atoms with Gasteiger partial charge in [-0.25, -0.2) is 4.79 Å². The summed E-state index contributed by atoms with van der Waals surface area (Å²) in [4.78, 5) is 27.0. The van der Waals surface area contributed by atoms with E-state index in [2.05, 4.69) is 15.4 Å². The van der Waals surface area contributed by atoms with Crippen LogP contribution in [0.3, 0.4) is 0 Å². The predicted octanol–water partition coefficient (Wildman–Crippen LogP) is 1.69. The first-order valence-electron chi connectivity index (χ1n) is 6.24. The number of aromatic nitrogens is 1. The van der Waals surface area contributed by atoms with Crippen LogP contribution in [0.5, 0.6) is 0 Å². The van der Waals surface area contributed by atoms with E-state index in [0.717, 1.165) is 22.0 Å². The van der Waals surface area contributed by atoms with Gasteiger partial charge in [0.05, 0.1) is 6.21 Å². The molecule has 1 aliphatic rings. The van der Waals surface area contributed by atoms with Crippen LogP contribution in [0.15, 0.2) is 11.2 Å². The number of nitrogens with one attached hydrogen (secondary N) is 2. The van der Waals surface area contributed by atoms with Gasteiger partial charge in [0.1, 0.15) is 5.54 Å². The molecule has 1 atom stereocenters. The molecule has 19 heavy (non-hydrogen) atoms. The Kier molecular flexibility index (Phi) is 3.18. The molecule has 1 aromatic heterocycles. The number of nitrogens with zero attached hydrogens (tertiary/aromatic N) is 2. The quantitative estimate of drug-likeness (QED) is 0.642. The zero-order chi connectivity index (χ0) is 14.2. The van der Waals surface area contributed by atoms with Gasteiger partial charge in [-0.1, -0.05) is 6.92 Å². The van der Waals surface area contributed by atoms with Gasteiger partial charge in [0.25, 0.3) is 5.91 Å². The summed E-state index contributed by atoms with van der Waals surface area (Å²) >= 11 is 0. The maximum absolute atomic E-state index is 12.1. The Morgan fingerprint density at radius 2 is 2.11 bits per heavy atom. The molecule has 3 amide bonds. The third-order valence-corrected chi connectivity index (χ3v) is 3.45. The van der Waals surface area contributed by atoms with Crippen molar-refractivity contribution in [3.63, 3.8) is 0 Å². The summed E-state index contributed by atoms with van der Waals surface area (Å²) in [7, 11) is 0. The summed E-state index contributed by atoms with van der Waals surface area (Å²) in [6, 6.07) is 1.44. The zero-order valence-corrected chi connectivity index (χ0v) is 11.6. The third-order valence-electron chi connectivity index (χ3n) is 3.45. The van der Waals surface area contributed by atoms with Crippen LogP contribution >= 0.6 is 0 Å². The van der Waals surface area contributed by atoms with Crippen LogP contribution in [0.25, 0.3) is 0 Å². The van der Waals surface area contributed by atoms with Gasteiger partial charge in [-0.2, -0.15) is 5.10 Å². The maximum Gasteiger partial charge on any atom is 0.346 e. The lowest BCUT2D eigenvalue weighted by Crippen LogP contribution is -2.42. The number of carbonyl (C=O) groups excluding carboxylic acids is 2. The van der Waals surface area contributed by atoms with Gasteiger partial charge in [0.15, 0.2) is 0 Å². The van der Waals surface area contributed by atoms with E-state index < -0.39 is 11.6 Å². The van der Waals surface area contributed by atoms with Crippen molar-refractivity contribution in [2.24, 2.45) is 5.10 Å². The lowest BCUT2D eigenvalue weighted by Gasteiger charge is -2.17. The Balaban J connectivity index is 2.22. The molecular formula is C13H18N4O2. The first-order chi connectivity index (χ1) is 8.87. The monoisotopic (exact) mass is 262 g/mol. The highest BCUT2D eigenvalue weighted by Gasteiger charge is 2.46. The summed E-state index contributed by atoms with van der Waals surface area (Å²) in [5.41, 5.74) is 1.97. The average Bonchev–Trinajstić information content (AvgIpc) is 2.77. The number of urea groups is 1. The van der Waals surface area contributed by atoms with Gasteiger partial charge in [0, 0.05) is 17.0 Å². The zero-order valence-electron chi connectivity index (χ0n) is 11.6. The van der Waals surface area contributed by atoms with Crippen molar-refractivity contribution >= 4 is 18.2 Å². The maximum atomic E-state index is 12.1. The SMILES string of the molecule is CC[C@]1(C)NC(=O)N(N=Cc2cc(C)[nH]c2C)C1=O. The number of hydrogen-bond acceptors (Lipinski definition) is 3. The van der Waals surface area contributed by atoms with E-state index in [9.17, 15) is 9.59 Å². The fourth-order valence-corrected chi connectivity index (χ4v) is 2.01. The van der Waals surface area contributed by atoms with Gasteiger partial charge >= 0.3 is 6.03 Å². The minimum absolute atomic E-state index is 0.318. The van der Waals surface area contributed by atoms with Crippen LogP contribution < -0.4 is 5.32 Å². The van der Waals surface area contributed by atoms with Crippen LogP contribution in [0.1, 0.15) is 37.2 Å².